The molecule has 0 aromatic rings. The van der Waals surface area contributed by atoms with Gasteiger partial charge in [-0.15, -0.1) is 0 Å². The molecule has 1 aliphatic rings. The van der Waals surface area contributed by atoms with Crippen molar-refractivity contribution in [2.24, 2.45) is 10.7 Å². The van der Waals surface area contributed by atoms with Gasteiger partial charge in [0.25, 0.3) is 0 Å². The minimum absolute atomic E-state index is 0.912. The summed E-state index contributed by atoms with van der Waals surface area (Å²) in [5.74, 6) is 0. The summed E-state index contributed by atoms with van der Waals surface area (Å²) in [5.41, 5.74) is 9.04. The van der Waals surface area contributed by atoms with Crippen LogP contribution in [0.2, 0.25) is 0 Å². The van der Waals surface area contributed by atoms with Crippen molar-refractivity contribution in [2.45, 2.75) is 32.6 Å². The molecule has 0 saturated heterocycles. The molecule has 1 fully saturated rings. The van der Waals surface area contributed by atoms with Crippen LogP contribution in [0, 0.1) is 0 Å². The lowest BCUT2D eigenvalue weighted by molar-refractivity contribution is 0.727. The van der Waals surface area contributed by atoms with Crippen LogP contribution in [-0.4, -0.2) is 5.71 Å². The molecular formula is C10H16N2. The van der Waals surface area contributed by atoms with E-state index >= 15 is 0 Å². The molecule has 0 unspecified atom stereocenters. The highest BCUT2D eigenvalue weighted by Crippen LogP contribution is 2.22. The van der Waals surface area contributed by atoms with E-state index < -0.39 is 0 Å². The van der Waals surface area contributed by atoms with Gasteiger partial charge in [0.05, 0.1) is 0 Å². The number of hydrogen-bond donors (Lipinski definition) is 1. The van der Waals surface area contributed by atoms with Gasteiger partial charge < -0.3 is 5.73 Å². The average molecular weight is 164 g/mol. The lowest BCUT2D eigenvalue weighted by atomic mass is 9.91. The molecule has 66 valence electrons. The molecule has 1 saturated carbocycles. The standard InChI is InChI=1S/C10H16N2/c1-3-12-10-7-5-4-6-9(10)8(2)11/h3H,1,4-7,11H2,2H3/b9-8-,12-10?. The Morgan fingerprint density at radius 3 is 2.75 bits per heavy atom. The third-order valence-corrected chi connectivity index (χ3v) is 2.16. The van der Waals surface area contributed by atoms with Gasteiger partial charge in [0.15, 0.2) is 0 Å². The second kappa shape index (κ2) is 4.10. The van der Waals surface area contributed by atoms with E-state index in [9.17, 15) is 0 Å². The summed E-state index contributed by atoms with van der Waals surface area (Å²) in [5, 5.41) is 0. The van der Waals surface area contributed by atoms with E-state index in [0.29, 0.717) is 0 Å². The number of nitrogens with zero attached hydrogens (tertiary/aromatic N) is 1. The number of hydrogen-bond acceptors (Lipinski definition) is 2. The Morgan fingerprint density at radius 1 is 1.50 bits per heavy atom. The van der Waals surface area contributed by atoms with Crippen molar-refractivity contribution >= 4 is 5.71 Å². The first-order valence-electron chi connectivity index (χ1n) is 4.39. The minimum atomic E-state index is 0.912. The van der Waals surface area contributed by atoms with Gasteiger partial charge in [-0.25, -0.2) is 0 Å². The van der Waals surface area contributed by atoms with E-state index in [4.69, 9.17) is 5.73 Å². The molecule has 1 aliphatic carbocycles. The quantitative estimate of drug-likeness (QED) is 0.635. The van der Waals surface area contributed by atoms with Crippen LogP contribution in [0.5, 0.6) is 0 Å². The average Bonchev–Trinajstić information content (AvgIpc) is 2.05. The molecule has 0 atom stereocenters. The first-order valence-corrected chi connectivity index (χ1v) is 4.39. The van der Waals surface area contributed by atoms with E-state index in [2.05, 4.69) is 11.6 Å². The molecular weight excluding hydrogens is 148 g/mol. The molecule has 0 radical (unpaired) electrons. The zero-order valence-corrected chi connectivity index (χ0v) is 7.64. The van der Waals surface area contributed by atoms with E-state index in [1.54, 1.807) is 6.20 Å². The van der Waals surface area contributed by atoms with Gasteiger partial charge in [0.2, 0.25) is 0 Å². The van der Waals surface area contributed by atoms with E-state index in [1.807, 2.05) is 6.92 Å². The second-order valence-corrected chi connectivity index (χ2v) is 3.13. The van der Waals surface area contributed by atoms with Gasteiger partial charge in [-0.3, -0.25) is 4.99 Å². The largest absolute Gasteiger partial charge is 0.402 e. The van der Waals surface area contributed by atoms with Gasteiger partial charge in [0.1, 0.15) is 0 Å². The molecule has 2 nitrogen and oxygen atoms in total. The van der Waals surface area contributed by atoms with E-state index in [0.717, 1.165) is 24.3 Å². The Kier molecular flexibility index (Phi) is 3.09. The minimum Gasteiger partial charge on any atom is -0.402 e. The van der Waals surface area contributed by atoms with Gasteiger partial charge in [0, 0.05) is 17.6 Å². The van der Waals surface area contributed by atoms with Crippen molar-refractivity contribution in [1.82, 2.24) is 0 Å². The summed E-state index contributed by atoms with van der Waals surface area (Å²) < 4.78 is 0. The predicted molar refractivity (Wildman–Crippen MR) is 53.0 cm³/mol. The van der Waals surface area contributed by atoms with Gasteiger partial charge >= 0.3 is 0 Å². The Bertz CT molecular complexity index is 232. The maximum atomic E-state index is 5.75. The number of rotatable bonds is 1. The third kappa shape index (κ3) is 1.97. The van der Waals surface area contributed by atoms with Gasteiger partial charge in [-0.05, 0) is 38.2 Å². The smallest absolute Gasteiger partial charge is 0.0452 e. The second-order valence-electron chi connectivity index (χ2n) is 3.13. The van der Waals surface area contributed by atoms with Gasteiger partial charge in [-0.2, -0.15) is 0 Å². The summed E-state index contributed by atoms with van der Waals surface area (Å²) in [6, 6.07) is 0. The fourth-order valence-corrected chi connectivity index (χ4v) is 1.57. The van der Waals surface area contributed by atoms with E-state index in [1.165, 1.54) is 18.4 Å². The summed E-state index contributed by atoms with van der Waals surface area (Å²) in [6.45, 7) is 5.54. The predicted octanol–water partition coefficient (Wildman–Crippen LogP) is 2.38. The number of nitrogens with two attached hydrogens (primary N) is 1. The van der Waals surface area contributed by atoms with Crippen molar-refractivity contribution in [1.29, 1.82) is 0 Å². The first-order chi connectivity index (χ1) is 5.75. The molecule has 0 heterocycles. The highest BCUT2D eigenvalue weighted by molar-refractivity contribution is 6.01. The monoisotopic (exact) mass is 164 g/mol. The number of aliphatic imine (C=N–C) groups is 1. The molecule has 0 aliphatic heterocycles. The van der Waals surface area contributed by atoms with Crippen LogP contribution in [0.25, 0.3) is 0 Å². The molecule has 12 heavy (non-hydrogen) atoms. The summed E-state index contributed by atoms with van der Waals surface area (Å²) in [6.07, 6.45) is 6.19. The fraction of sp³-hybridized carbons (Fsp3) is 0.500. The molecule has 0 aromatic carbocycles. The van der Waals surface area contributed by atoms with Gasteiger partial charge in [-0.1, -0.05) is 6.58 Å². The first kappa shape index (κ1) is 9.04. The Hall–Kier alpha value is -1.05. The fourth-order valence-electron chi connectivity index (χ4n) is 1.57. The molecule has 2 N–H and O–H groups in total. The van der Waals surface area contributed by atoms with Crippen LogP contribution in [-0.2, 0) is 0 Å². The van der Waals surface area contributed by atoms with Crippen LogP contribution in [0.15, 0.2) is 29.0 Å². The Balaban J connectivity index is 2.89. The molecule has 0 aromatic heterocycles. The van der Waals surface area contributed by atoms with Crippen LogP contribution < -0.4 is 5.73 Å². The normalized spacial score (nSPS) is 25.6. The summed E-state index contributed by atoms with van der Waals surface area (Å²) in [4.78, 5) is 4.23. The van der Waals surface area contributed by atoms with Crippen molar-refractivity contribution < 1.29 is 0 Å². The molecule has 0 bridgehead atoms. The SMILES string of the molecule is C=CN=C1CCCC/C1=C(\C)N. The van der Waals surface area contributed by atoms with Crippen molar-refractivity contribution in [3.05, 3.63) is 24.0 Å². The lowest BCUT2D eigenvalue weighted by Crippen LogP contribution is -2.13. The highest BCUT2D eigenvalue weighted by atomic mass is 14.7. The summed E-state index contributed by atoms with van der Waals surface area (Å²) >= 11 is 0. The van der Waals surface area contributed by atoms with Crippen molar-refractivity contribution in [3.8, 4) is 0 Å². The van der Waals surface area contributed by atoms with Crippen LogP contribution in [0.3, 0.4) is 0 Å². The van der Waals surface area contributed by atoms with E-state index in [-0.39, 0.29) is 0 Å². The van der Waals surface area contributed by atoms with Crippen molar-refractivity contribution in [3.63, 3.8) is 0 Å². The Morgan fingerprint density at radius 2 is 2.17 bits per heavy atom. The molecule has 0 spiro atoms. The summed E-state index contributed by atoms with van der Waals surface area (Å²) in [7, 11) is 0. The zero-order valence-electron chi connectivity index (χ0n) is 7.64. The lowest BCUT2D eigenvalue weighted by Gasteiger charge is -2.17. The van der Waals surface area contributed by atoms with Crippen molar-refractivity contribution in [2.75, 3.05) is 0 Å². The van der Waals surface area contributed by atoms with Crippen LogP contribution in [0.1, 0.15) is 32.6 Å². The maximum absolute atomic E-state index is 5.75. The molecule has 2 heteroatoms. The third-order valence-electron chi connectivity index (χ3n) is 2.16. The zero-order chi connectivity index (χ0) is 8.97. The molecule has 1 rings (SSSR count). The number of allylic oxidation sites excluding steroid dienone is 2. The Labute approximate surface area is 73.9 Å². The topological polar surface area (TPSA) is 38.4 Å². The maximum Gasteiger partial charge on any atom is 0.0452 e. The van der Waals surface area contributed by atoms with Crippen LogP contribution in [0.4, 0.5) is 0 Å². The highest BCUT2D eigenvalue weighted by Gasteiger charge is 2.13. The van der Waals surface area contributed by atoms with Crippen LogP contribution >= 0.6 is 0 Å². The molecule has 0 amide bonds.